The number of benzene rings is 4. The summed E-state index contributed by atoms with van der Waals surface area (Å²) in [4.78, 5) is 51.8. The zero-order valence-electron chi connectivity index (χ0n) is 25.8. The van der Waals surface area contributed by atoms with Crippen LogP contribution in [0.15, 0.2) is 121 Å². The number of hydrogen-bond donors (Lipinski definition) is 2. The van der Waals surface area contributed by atoms with Gasteiger partial charge in [-0.1, -0.05) is 48.5 Å². The lowest BCUT2D eigenvalue weighted by Crippen LogP contribution is -2.25. The van der Waals surface area contributed by atoms with Crippen molar-refractivity contribution >= 4 is 41.2 Å². The number of carbonyl (C=O) groups excluding carboxylic acids is 4. The number of carbonyl (C=O) groups is 4. The number of rotatable bonds is 11. The van der Waals surface area contributed by atoms with Gasteiger partial charge in [0.1, 0.15) is 5.57 Å². The predicted molar refractivity (Wildman–Crippen MR) is 179 cm³/mol. The first-order valence-corrected chi connectivity index (χ1v) is 15.0. The van der Waals surface area contributed by atoms with Crippen LogP contribution in [0.2, 0.25) is 0 Å². The number of amides is 2. The molecule has 2 amide bonds. The molecule has 10 heteroatoms. The molecule has 10 nitrogen and oxygen atoms in total. The molecule has 5 rings (SSSR count). The first-order valence-electron chi connectivity index (χ1n) is 15.0. The van der Waals surface area contributed by atoms with Gasteiger partial charge in [0.15, 0.2) is 0 Å². The third-order valence-electron chi connectivity index (χ3n) is 6.91. The molecule has 0 saturated carbocycles. The maximum atomic E-state index is 13.8. The van der Waals surface area contributed by atoms with Gasteiger partial charge in [-0.3, -0.25) is 9.59 Å². The van der Waals surface area contributed by atoms with Crippen LogP contribution in [0, 0.1) is 0 Å². The molecular formula is C37H32N4O6. The largest absolute Gasteiger partial charge is 0.462 e. The first kappa shape index (κ1) is 32.1. The van der Waals surface area contributed by atoms with Crippen LogP contribution in [0.5, 0.6) is 0 Å². The van der Waals surface area contributed by atoms with Gasteiger partial charge in [-0.2, -0.15) is 5.10 Å². The third kappa shape index (κ3) is 8.06. The van der Waals surface area contributed by atoms with E-state index in [1.54, 1.807) is 49.0 Å². The highest BCUT2D eigenvalue weighted by Crippen LogP contribution is 2.27. The number of aromatic nitrogens is 2. The SMILES string of the molecule is CCOC(=O)c1ccc(NC(=O)C(=Cc2cn(-c3ccccc3)nc2-c2ccccc2)C(=O)Nc2ccc(C(=O)OCC)cc2)cc1. The van der Waals surface area contributed by atoms with E-state index < -0.39 is 23.8 Å². The van der Waals surface area contributed by atoms with Crippen molar-refractivity contribution in [3.63, 3.8) is 0 Å². The highest BCUT2D eigenvalue weighted by molar-refractivity contribution is 6.29. The number of para-hydroxylation sites is 1. The van der Waals surface area contributed by atoms with E-state index in [4.69, 9.17) is 14.6 Å². The Balaban J connectivity index is 1.52. The zero-order chi connectivity index (χ0) is 33.2. The molecular weight excluding hydrogens is 596 g/mol. The number of hydrogen-bond acceptors (Lipinski definition) is 7. The summed E-state index contributed by atoms with van der Waals surface area (Å²) in [5, 5.41) is 10.3. The van der Waals surface area contributed by atoms with Gasteiger partial charge in [0.2, 0.25) is 0 Å². The van der Waals surface area contributed by atoms with Gasteiger partial charge in [-0.15, -0.1) is 0 Å². The molecule has 47 heavy (non-hydrogen) atoms. The Kier molecular flexibility index (Phi) is 10.3. The van der Waals surface area contributed by atoms with Crippen molar-refractivity contribution in [2.24, 2.45) is 0 Å². The Morgan fingerprint density at radius 1 is 0.660 bits per heavy atom. The molecule has 5 aromatic rings. The fourth-order valence-corrected chi connectivity index (χ4v) is 4.62. The third-order valence-corrected chi connectivity index (χ3v) is 6.91. The van der Waals surface area contributed by atoms with Gasteiger partial charge in [-0.25, -0.2) is 14.3 Å². The van der Waals surface area contributed by atoms with E-state index >= 15 is 0 Å². The summed E-state index contributed by atoms with van der Waals surface area (Å²) in [6.07, 6.45) is 3.24. The second-order valence-corrected chi connectivity index (χ2v) is 10.1. The molecule has 0 aliphatic heterocycles. The summed E-state index contributed by atoms with van der Waals surface area (Å²) in [5.74, 6) is -2.35. The van der Waals surface area contributed by atoms with Crippen molar-refractivity contribution in [3.8, 4) is 16.9 Å². The summed E-state index contributed by atoms with van der Waals surface area (Å²) >= 11 is 0. The molecule has 1 aromatic heterocycles. The highest BCUT2D eigenvalue weighted by Gasteiger charge is 2.22. The Labute approximate surface area is 271 Å². The molecule has 0 spiro atoms. The van der Waals surface area contributed by atoms with Gasteiger partial charge in [0, 0.05) is 28.7 Å². The van der Waals surface area contributed by atoms with Crippen LogP contribution in [0.3, 0.4) is 0 Å². The van der Waals surface area contributed by atoms with Gasteiger partial charge in [0.05, 0.1) is 35.7 Å². The van der Waals surface area contributed by atoms with Crippen molar-refractivity contribution in [2.75, 3.05) is 23.8 Å². The van der Waals surface area contributed by atoms with Crippen LogP contribution in [0.1, 0.15) is 40.1 Å². The zero-order valence-corrected chi connectivity index (χ0v) is 25.8. The van der Waals surface area contributed by atoms with E-state index in [9.17, 15) is 19.2 Å². The average molecular weight is 629 g/mol. The van der Waals surface area contributed by atoms with E-state index in [0.29, 0.717) is 33.8 Å². The van der Waals surface area contributed by atoms with Crippen molar-refractivity contribution in [2.45, 2.75) is 13.8 Å². The van der Waals surface area contributed by atoms with Gasteiger partial charge < -0.3 is 20.1 Å². The van der Waals surface area contributed by atoms with Crippen molar-refractivity contribution < 1.29 is 28.7 Å². The van der Waals surface area contributed by atoms with E-state index in [1.807, 2.05) is 60.7 Å². The summed E-state index contributed by atoms with van der Waals surface area (Å²) in [7, 11) is 0. The van der Waals surface area contributed by atoms with Crippen LogP contribution in [0.25, 0.3) is 23.0 Å². The number of esters is 2. The molecule has 0 atom stereocenters. The molecule has 2 N–H and O–H groups in total. The molecule has 0 saturated heterocycles. The lowest BCUT2D eigenvalue weighted by atomic mass is 10.0. The van der Waals surface area contributed by atoms with Crippen molar-refractivity contribution in [3.05, 3.63) is 138 Å². The smallest absolute Gasteiger partial charge is 0.338 e. The van der Waals surface area contributed by atoms with Gasteiger partial charge in [0.25, 0.3) is 11.8 Å². The lowest BCUT2D eigenvalue weighted by Gasteiger charge is -2.11. The molecule has 4 aromatic carbocycles. The quantitative estimate of drug-likeness (QED) is 0.0734. The van der Waals surface area contributed by atoms with Crippen LogP contribution in [0.4, 0.5) is 11.4 Å². The van der Waals surface area contributed by atoms with Gasteiger partial charge in [-0.05, 0) is 80.6 Å². The fraction of sp³-hybridized carbons (Fsp3) is 0.108. The normalized spacial score (nSPS) is 10.4. The topological polar surface area (TPSA) is 129 Å². The Hall–Kier alpha value is -6.29. The predicted octanol–water partition coefficient (Wildman–Crippen LogP) is 6.55. The van der Waals surface area contributed by atoms with E-state index in [-0.39, 0.29) is 18.8 Å². The molecule has 0 unspecified atom stereocenters. The number of nitrogens with zero attached hydrogens (tertiary/aromatic N) is 2. The monoisotopic (exact) mass is 628 g/mol. The van der Waals surface area contributed by atoms with Crippen molar-refractivity contribution in [1.82, 2.24) is 9.78 Å². The van der Waals surface area contributed by atoms with Crippen LogP contribution < -0.4 is 10.6 Å². The minimum Gasteiger partial charge on any atom is -0.462 e. The minimum absolute atomic E-state index is 0.210. The molecule has 0 aliphatic rings. The van der Waals surface area contributed by atoms with Crippen LogP contribution >= 0.6 is 0 Å². The van der Waals surface area contributed by atoms with Gasteiger partial charge >= 0.3 is 11.9 Å². The van der Waals surface area contributed by atoms with E-state index in [0.717, 1.165) is 11.3 Å². The van der Waals surface area contributed by atoms with E-state index in [2.05, 4.69) is 10.6 Å². The molecule has 0 bridgehead atoms. The highest BCUT2D eigenvalue weighted by atomic mass is 16.5. The number of ether oxygens (including phenoxy) is 2. The Morgan fingerprint density at radius 2 is 1.13 bits per heavy atom. The molecule has 236 valence electrons. The Morgan fingerprint density at radius 3 is 1.60 bits per heavy atom. The second kappa shape index (κ2) is 15.1. The molecule has 1 heterocycles. The summed E-state index contributed by atoms with van der Waals surface area (Å²) in [5.41, 5.74) is 3.84. The summed E-state index contributed by atoms with van der Waals surface area (Å²) < 4.78 is 11.8. The second-order valence-electron chi connectivity index (χ2n) is 10.1. The van der Waals surface area contributed by atoms with Crippen molar-refractivity contribution in [1.29, 1.82) is 0 Å². The molecule has 0 aliphatic carbocycles. The fourth-order valence-electron chi connectivity index (χ4n) is 4.62. The summed E-state index contributed by atoms with van der Waals surface area (Å²) in [6, 6.07) is 31.2. The molecule has 0 fully saturated rings. The maximum absolute atomic E-state index is 13.8. The lowest BCUT2D eigenvalue weighted by molar-refractivity contribution is -0.118. The minimum atomic E-state index is -0.694. The van der Waals surface area contributed by atoms with Crippen LogP contribution in [-0.4, -0.2) is 46.7 Å². The Bertz CT molecular complexity index is 1820. The number of anilines is 2. The molecule has 0 radical (unpaired) electrons. The maximum Gasteiger partial charge on any atom is 0.338 e. The standard InChI is InChI=1S/C37H32N4O6/c1-3-46-36(44)26-15-19-29(20-16-26)38-34(42)32(35(43)39-30-21-17-27(18-22-30)37(45)47-4-2)23-28-24-41(31-13-9-6-10-14-31)40-33(28)25-11-7-5-8-12-25/h5-24H,3-4H2,1-2H3,(H,38,42)(H,39,43). The van der Waals surface area contributed by atoms with Crippen LogP contribution in [-0.2, 0) is 19.1 Å². The number of nitrogens with one attached hydrogen (secondary N) is 2. The van der Waals surface area contributed by atoms with E-state index in [1.165, 1.54) is 30.3 Å². The summed E-state index contributed by atoms with van der Waals surface area (Å²) in [6.45, 7) is 3.90. The first-order chi connectivity index (χ1) is 22.9. The average Bonchev–Trinajstić information content (AvgIpc) is 3.53.